The van der Waals surface area contributed by atoms with E-state index in [1.54, 1.807) is 0 Å². The molecule has 0 saturated heterocycles. The van der Waals surface area contributed by atoms with Crippen molar-refractivity contribution >= 4 is 17.7 Å². The first-order chi connectivity index (χ1) is 9.82. The zero-order valence-electron chi connectivity index (χ0n) is 14.1. The average Bonchev–Trinajstić information content (AvgIpc) is 2.92. The molecule has 0 heterocycles. The summed E-state index contributed by atoms with van der Waals surface area (Å²) in [5.41, 5.74) is 6.19. The van der Waals surface area contributed by atoms with Crippen molar-refractivity contribution in [3.63, 3.8) is 0 Å². The van der Waals surface area contributed by atoms with E-state index in [9.17, 15) is 4.79 Å². The van der Waals surface area contributed by atoms with Crippen molar-refractivity contribution in [3.8, 4) is 0 Å². The zero-order valence-corrected chi connectivity index (χ0v) is 14.9. The Morgan fingerprint density at radius 3 is 2.48 bits per heavy atom. The number of nitrogens with one attached hydrogen (secondary N) is 1. The molecule has 3 N–H and O–H groups in total. The molecule has 0 aromatic heterocycles. The highest BCUT2D eigenvalue weighted by Gasteiger charge is 2.45. The Morgan fingerprint density at radius 2 is 1.90 bits per heavy atom. The minimum Gasteiger partial charge on any atom is -0.354 e. The fourth-order valence-electron chi connectivity index (χ4n) is 4.16. The predicted octanol–water partition coefficient (Wildman–Crippen LogP) is 3.18. The van der Waals surface area contributed by atoms with Gasteiger partial charge >= 0.3 is 0 Å². The van der Waals surface area contributed by atoms with E-state index in [0.717, 1.165) is 19.4 Å². The standard InChI is InChI=1S/C17H32N2OS/c1-12-14(18)8-7-13(16(12,2)3)15(20)19-11-17(21-4)9-5-6-10-17/h12-14H,5-11,18H2,1-4H3,(H,19,20). The van der Waals surface area contributed by atoms with Crippen molar-refractivity contribution in [2.75, 3.05) is 12.8 Å². The second kappa shape index (κ2) is 6.49. The van der Waals surface area contributed by atoms with E-state index in [-0.39, 0.29) is 28.0 Å². The third-order valence-electron chi connectivity index (χ3n) is 6.35. The molecule has 3 atom stereocenters. The van der Waals surface area contributed by atoms with Crippen LogP contribution in [0.1, 0.15) is 59.3 Å². The molecule has 0 aliphatic heterocycles. The normalized spacial score (nSPS) is 34.6. The second-order valence-corrected chi connectivity index (χ2v) is 8.99. The maximum absolute atomic E-state index is 12.7. The minimum atomic E-state index is -0.00997. The molecule has 1 amide bonds. The van der Waals surface area contributed by atoms with Crippen LogP contribution in [0.4, 0.5) is 0 Å². The van der Waals surface area contributed by atoms with Gasteiger partial charge in [-0.05, 0) is 43.3 Å². The zero-order chi connectivity index (χ0) is 15.7. The van der Waals surface area contributed by atoms with Gasteiger partial charge in [0.1, 0.15) is 0 Å². The number of nitrogens with two attached hydrogens (primary N) is 1. The molecule has 2 fully saturated rings. The van der Waals surface area contributed by atoms with Crippen LogP contribution in [-0.4, -0.2) is 29.5 Å². The number of hydrogen-bond donors (Lipinski definition) is 2. The highest BCUT2D eigenvalue weighted by atomic mass is 32.2. The van der Waals surface area contributed by atoms with Gasteiger partial charge in [-0.1, -0.05) is 33.6 Å². The smallest absolute Gasteiger partial charge is 0.223 e. The lowest BCUT2D eigenvalue weighted by Gasteiger charge is -2.46. The SMILES string of the molecule is CSC1(CNC(=O)C2CCC(N)C(C)C2(C)C)CCCC1. The van der Waals surface area contributed by atoms with E-state index in [0.29, 0.717) is 5.92 Å². The van der Waals surface area contributed by atoms with Gasteiger partial charge in [-0.2, -0.15) is 11.8 Å². The largest absolute Gasteiger partial charge is 0.354 e. The number of rotatable bonds is 4. The molecule has 0 aromatic carbocycles. The molecule has 3 nitrogen and oxygen atoms in total. The molecule has 2 rings (SSSR count). The molecule has 21 heavy (non-hydrogen) atoms. The van der Waals surface area contributed by atoms with Gasteiger partial charge in [0, 0.05) is 23.3 Å². The van der Waals surface area contributed by atoms with Gasteiger partial charge < -0.3 is 11.1 Å². The van der Waals surface area contributed by atoms with Crippen LogP contribution >= 0.6 is 11.8 Å². The lowest BCUT2D eigenvalue weighted by Crippen LogP contribution is -2.52. The van der Waals surface area contributed by atoms with E-state index in [2.05, 4.69) is 32.3 Å². The Hall–Kier alpha value is -0.220. The molecular formula is C17H32N2OS. The van der Waals surface area contributed by atoms with Crippen LogP contribution in [0.5, 0.6) is 0 Å². The van der Waals surface area contributed by atoms with Crippen molar-refractivity contribution < 1.29 is 4.79 Å². The predicted molar refractivity (Wildman–Crippen MR) is 91.4 cm³/mol. The molecule has 2 saturated carbocycles. The van der Waals surface area contributed by atoms with E-state index >= 15 is 0 Å². The van der Waals surface area contributed by atoms with Gasteiger partial charge in [0.05, 0.1) is 0 Å². The van der Waals surface area contributed by atoms with Crippen molar-refractivity contribution in [2.45, 2.75) is 70.1 Å². The third-order valence-corrected chi connectivity index (χ3v) is 7.77. The molecule has 3 unspecified atom stereocenters. The topological polar surface area (TPSA) is 55.1 Å². The minimum absolute atomic E-state index is 0.00997. The number of carbonyl (C=O) groups excluding carboxylic acids is 1. The molecule has 0 aromatic rings. The highest BCUT2D eigenvalue weighted by molar-refractivity contribution is 8.00. The fraction of sp³-hybridized carbons (Fsp3) is 0.941. The maximum atomic E-state index is 12.7. The Balaban J connectivity index is 1.97. The summed E-state index contributed by atoms with van der Waals surface area (Å²) in [6, 6.07) is 0.233. The monoisotopic (exact) mass is 312 g/mol. The second-order valence-electron chi connectivity index (χ2n) is 7.72. The summed E-state index contributed by atoms with van der Waals surface area (Å²) < 4.78 is 0.288. The quantitative estimate of drug-likeness (QED) is 0.838. The molecular weight excluding hydrogens is 280 g/mol. The molecule has 0 spiro atoms. The van der Waals surface area contributed by atoms with Crippen molar-refractivity contribution in [1.82, 2.24) is 5.32 Å². The van der Waals surface area contributed by atoms with E-state index in [1.165, 1.54) is 25.7 Å². The van der Waals surface area contributed by atoms with Crippen LogP contribution < -0.4 is 11.1 Å². The van der Waals surface area contributed by atoms with Crippen LogP contribution in [0.2, 0.25) is 0 Å². The average molecular weight is 313 g/mol. The summed E-state index contributed by atoms with van der Waals surface area (Å²) in [6.07, 6.45) is 9.17. The Bertz CT molecular complexity index is 377. The Kier molecular flexibility index (Phi) is 5.30. The first kappa shape index (κ1) is 17.1. The lowest BCUT2D eigenvalue weighted by atomic mass is 9.61. The van der Waals surface area contributed by atoms with Crippen LogP contribution in [0.25, 0.3) is 0 Å². The summed E-state index contributed by atoms with van der Waals surface area (Å²) in [6.45, 7) is 7.45. The highest BCUT2D eigenvalue weighted by Crippen LogP contribution is 2.45. The molecule has 4 heteroatoms. The lowest BCUT2D eigenvalue weighted by molar-refractivity contribution is -0.132. The van der Waals surface area contributed by atoms with Crippen LogP contribution in [0.15, 0.2) is 0 Å². The van der Waals surface area contributed by atoms with E-state index in [1.807, 2.05) is 11.8 Å². The number of hydrogen-bond acceptors (Lipinski definition) is 3. The van der Waals surface area contributed by atoms with Gasteiger partial charge in [-0.15, -0.1) is 0 Å². The number of carbonyl (C=O) groups is 1. The summed E-state index contributed by atoms with van der Waals surface area (Å²) in [5, 5.41) is 3.28. The van der Waals surface area contributed by atoms with Crippen molar-refractivity contribution in [3.05, 3.63) is 0 Å². The molecule has 0 bridgehead atoms. The summed E-state index contributed by atoms with van der Waals surface area (Å²) in [7, 11) is 0. The Labute approximate surface area is 134 Å². The number of thioether (sulfide) groups is 1. The fourth-order valence-corrected chi connectivity index (χ4v) is 5.08. The van der Waals surface area contributed by atoms with E-state index in [4.69, 9.17) is 5.73 Å². The molecule has 2 aliphatic carbocycles. The molecule has 122 valence electrons. The maximum Gasteiger partial charge on any atom is 0.223 e. The number of amides is 1. The van der Waals surface area contributed by atoms with Gasteiger partial charge in [-0.3, -0.25) is 4.79 Å². The van der Waals surface area contributed by atoms with Crippen LogP contribution in [0.3, 0.4) is 0 Å². The molecule has 2 aliphatic rings. The first-order valence-corrected chi connectivity index (χ1v) is 9.63. The summed E-state index contributed by atoms with van der Waals surface area (Å²) in [4.78, 5) is 12.7. The van der Waals surface area contributed by atoms with Crippen molar-refractivity contribution in [1.29, 1.82) is 0 Å². The van der Waals surface area contributed by atoms with Crippen molar-refractivity contribution in [2.24, 2.45) is 23.0 Å². The molecule has 0 radical (unpaired) electrons. The van der Waals surface area contributed by atoms with Gasteiger partial charge in [-0.25, -0.2) is 0 Å². The summed E-state index contributed by atoms with van der Waals surface area (Å²) in [5.74, 6) is 0.745. The van der Waals surface area contributed by atoms with Gasteiger partial charge in [0.2, 0.25) is 5.91 Å². The van der Waals surface area contributed by atoms with Crippen LogP contribution in [0, 0.1) is 17.3 Å². The Morgan fingerprint density at radius 1 is 1.29 bits per heavy atom. The van der Waals surface area contributed by atoms with Gasteiger partial charge in [0.25, 0.3) is 0 Å². The summed E-state index contributed by atoms with van der Waals surface area (Å²) >= 11 is 1.93. The van der Waals surface area contributed by atoms with E-state index < -0.39 is 0 Å². The first-order valence-electron chi connectivity index (χ1n) is 8.41. The van der Waals surface area contributed by atoms with Gasteiger partial charge in [0.15, 0.2) is 0 Å². The third kappa shape index (κ3) is 3.42. The van der Waals surface area contributed by atoms with Crippen LogP contribution in [-0.2, 0) is 4.79 Å².